The first-order valence-electron chi connectivity index (χ1n) is 13.4. The van der Waals surface area contributed by atoms with Crippen molar-refractivity contribution in [3.63, 3.8) is 0 Å². The number of methoxy groups -OCH3 is 1. The monoisotopic (exact) mass is 553 g/mol. The van der Waals surface area contributed by atoms with Gasteiger partial charge in [0.1, 0.15) is 6.61 Å². The highest BCUT2D eigenvalue weighted by Gasteiger charge is 2.42. The van der Waals surface area contributed by atoms with E-state index in [2.05, 4.69) is 78.1 Å². The molecule has 1 saturated heterocycles. The van der Waals surface area contributed by atoms with Crippen LogP contribution in [0.1, 0.15) is 51.4 Å². The molecule has 2 atom stereocenters. The molecular formula is C32H35N5O2S. The van der Waals surface area contributed by atoms with Crippen LogP contribution in [-0.2, 0) is 9.53 Å². The summed E-state index contributed by atoms with van der Waals surface area (Å²) in [5.41, 5.74) is 10.7. The van der Waals surface area contributed by atoms with Gasteiger partial charge in [-0.1, -0.05) is 12.1 Å². The second-order valence-electron chi connectivity index (χ2n) is 10.5. The first-order chi connectivity index (χ1) is 19.2. The minimum atomic E-state index is -0.191. The molecule has 3 heterocycles. The third-order valence-corrected chi connectivity index (χ3v) is 7.70. The number of pyridine rings is 1. The zero-order chi connectivity index (χ0) is 28.6. The molecular weight excluding hydrogens is 518 g/mol. The number of hydrogen-bond donors (Lipinski definition) is 2. The van der Waals surface area contributed by atoms with Crippen LogP contribution in [0, 0.1) is 34.6 Å². The second-order valence-corrected chi connectivity index (χ2v) is 10.9. The third-order valence-electron chi connectivity index (χ3n) is 7.39. The van der Waals surface area contributed by atoms with Gasteiger partial charge in [0.15, 0.2) is 5.11 Å². The molecule has 2 aromatic heterocycles. The summed E-state index contributed by atoms with van der Waals surface area (Å²) in [5.74, 6) is -0.191. The molecule has 2 aromatic carbocycles. The Morgan fingerprint density at radius 1 is 1.00 bits per heavy atom. The van der Waals surface area contributed by atoms with Crippen LogP contribution >= 0.6 is 12.2 Å². The number of hydrogen-bond acceptors (Lipinski definition) is 4. The fourth-order valence-corrected chi connectivity index (χ4v) is 6.11. The van der Waals surface area contributed by atoms with E-state index in [1.165, 1.54) is 23.8 Å². The maximum atomic E-state index is 12.1. The van der Waals surface area contributed by atoms with E-state index in [1.807, 2.05) is 43.5 Å². The molecule has 1 aliphatic rings. The number of aryl methyl sites for hydroxylation is 4. The summed E-state index contributed by atoms with van der Waals surface area (Å²) in [6.07, 6.45) is 1.82. The van der Waals surface area contributed by atoms with E-state index in [4.69, 9.17) is 21.9 Å². The average molecular weight is 554 g/mol. The molecule has 5 rings (SSSR count). The third kappa shape index (κ3) is 5.24. The van der Waals surface area contributed by atoms with Gasteiger partial charge in [-0.05, 0) is 118 Å². The van der Waals surface area contributed by atoms with Gasteiger partial charge in [-0.3, -0.25) is 9.78 Å². The summed E-state index contributed by atoms with van der Waals surface area (Å²) in [7, 11) is 1.51. The van der Waals surface area contributed by atoms with Crippen molar-refractivity contribution in [3.05, 3.63) is 106 Å². The molecule has 1 aliphatic heterocycles. The quantitative estimate of drug-likeness (QED) is 0.267. The summed E-state index contributed by atoms with van der Waals surface area (Å²) >= 11 is 5.96. The van der Waals surface area contributed by atoms with Crippen LogP contribution in [0.5, 0.6) is 0 Å². The lowest BCUT2D eigenvalue weighted by Crippen LogP contribution is -2.29. The van der Waals surface area contributed by atoms with Gasteiger partial charge < -0.3 is 24.8 Å². The highest BCUT2D eigenvalue weighted by atomic mass is 32.1. The van der Waals surface area contributed by atoms with E-state index in [0.717, 1.165) is 39.7 Å². The van der Waals surface area contributed by atoms with Crippen molar-refractivity contribution in [1.82, 2.24) is 14.9 Å². The van der Waals surface area contributed by atoms with E-state index >= 15 is 0 Å². The Labute approximate surface area is 241 Å². The van der Waals surface area contributed by atoms with Crippen LogP contribution in [0.15, 0.2) is 66.9 Å². The maximum Gasteiger partial charge on any atom is 0.250 e. The number of anilines is 2. The lowest BCUT2D eigenvalue weighted by Gasteiger charge is -2.29. The number of aromatic nitrogens is 2. The van der Waals surface area contributed by atoms with Gasteiger partial charge >= 0.3 is 0 Å². The van der Waals surface area contributed by atoms with Crippen molar-refractivity contribution in [1.29, 1.82) is 0 Å². The van der Waals surface area contributed by atoms with Crippen molar-refractivity contribution >= 4 is 34.6 Å². The minimum absolute atomic E-state index is 0.00519. The van der Waals surface area contributed by atoms with Crippen LogP contribution in [0.3, 0.4) is 0 Å². The molecule has 8 heteroatoms. The standard InChI is InChI=1S/C32H35N5O2S/c1-19-13-20(2)15-25(14-19)36-22(4)17-26(23(36)5)31-30(28-9-7-8-12-33-28)35-32(40)37(31)24-10-11-27(21(3)16-24)34-29(38)18-39-6/h7-17,30-31H,18H2,1-6H3,(H,34,38)(H,35,40)/t30-,31-/m1/s1. The zero-order valence-electron chi connectivity index (χ0n) is 23.8. The normalized spacial score (nSPS) is 16.8. The summed E-state index contributed by atoms with van der Waals surface area (Å²) < 4.78 is 7.29. The Hall–Kier alpha value is -4.01. The molecule has 40 heavy (non-hydrogen) atoms. The Bertz CT molecular complexity index is 1560. The highest BCUT2D eigenvalue weighted by molar-refractivity contribution is 7.80. The number of amides is 1. The summed E-state index contributed by atoms with van der Waals surface area (Å²) in [6, 6.07) is 20.6. The number of carbonyl (C=O) groups is 1. The van der Waals surface area contributed by atoms with E-state index < -0.39 is 0 Å². The van der Waals surface area contributed by atoms with Gasteiger partial charge in [-0.15, -0.1) is 0 Å². The molecule has 1 amide bonds. The Morgan fingerprint density at radius 3 is 2.40 bits per heavy atom. The topological polar surface area (TPSA) is 71.4 Å². The number of nitrogens with one attached hydrogen (secondary N) is 2. The molecule has 0 bridgehead atoms. The van der Waals surface area contributed by atoms with Gasteiger partial charge in [0.25, 0.3) is 0 Å². The average Bonchev–Trinajstić information content (AvgIpc) is 3.40. The Kier molecular flexibility index (Phi) is 7.74. The predicted octanol–water partition coefficient (Wildman–Crippen LogP) is 6.18. The number of rotatable bonds is 7. The summed E-state index contributed by atoms with van der Waals surface area (Å²) in [6.45, 7) is 10.6. The smallest absolute Gasteiger partial charge is 0.250 e. The number of thiocarbonyl (C=S) groups is 1. The van der Waals surface area contributed by atoms with Gasteiger partial charge in [0.05, 0.1) is 17.8 Å². The number of ether oxygens (including phenoxy) is 1. The SMILES string of the molecule is COCC(=O)Nc1ccc(N2C(=S)N[C@H](c3ccccn3)[C@H]2c2cc(C)n(-c3cc(C)cc(C)c3)c2C)cc1C. The van der Waals surface area contributed by atoms with E-state index in [1.54, 1.807) is 0 Å². The Balaban J connectivity index is 1.62. The van der Waals surface area contributed by atoms with E-state index in [0.29, 0.717) is 5.11 Å². The molecule has 7 nitrogen and oxygen atoms in total. The van der Waals surface area contributed by atoms with Crippen molar-refractivity contribution in [2.75, 3.05) is 23.9 Å². The van der Waals surface area contributed by atoms with Crippen LogP contribution in [-0.4, -0.2) is 34.3 Å². The van der Waals surface area contributed by atoms with Gasteiger partial charge in [-0.2, -0.15) is 0 Å². The fourth-order valence-electron chi connectivity index (χ4n) is 5.77. The molecule has 0 saturated carbocycles. The number of nitrogens with zero attached hydrogens (tertiary/aromatic N) is 3. The Morgan fingerprint density at radius 2 is 1.75 bits per heavy atom. The van der Waals surface area contributed by atoms with Crippen LogP contribution in [0.2, 0.25) is 0 Å². The fraction of sp³-hybridized carbons (Fsp3) is 0.281. The predicted molar refractivity (Wildman–Crippen MR) is 164 cm³/mol. The van der Waals surface area contributed by atoms with Crippen molar-refractivity contribution in [3.8, 4) is 5.69 Å². The number of carbonyl (C=O) groups excluding carboxylic acids is 1. The molecule has 0 radical (unpaired) electrons. The van der Waals surface area contributed by atoms with Crippen molar-refractivity contribution in [2.45, 2.75) is 46.7 Å². The van der Waals surface area contributed by atoms with Gasteiger partial charge in [-0.25, -0.2) is 0 Å². The number of benzene rings is 2. The highest BCUT2D eigenvalue weighted by Crippen LogP contribution is 2.44. The molecule has 2 N–H and O–H groups in total. The first kappa shape index (κ1) is 27.6. The molecule has 4 aromatic rings. The minimum Gasteiger partial charge on any atom is -0.375 e. The van der Waals surface area contributed by atoms with Crippen LogP contribution in [0.25, 0.3) is 5.69 Å². The van der Waals surface area contributed by atoms with Crippen molar-refractivity contribution in [2.24, 2.45) is 0 Å². The maximum absolute atomic E-state index is 12.1. The van der Waals surface area contributed by atoms with Gasteiger partial charge in [0, 0.05) is 41.8 Å². The molecule has 206 valence electrons. The lowest BCUT2D eigenvalue weighted by molar-refractivity contribution is -0.119. The van der Waals surface area contributed by atoms with Crippen LogP contribution < -0.4 is 15.5 Å². The molecule has 0 spiro atoms. The van der Waals surface area contributed by atoms with Gasteiger partial charge in [0.2, 0.25) is 5.91 Å². The molecule has 1 fully saturated rings. The first-order valence-corrected chi connectivity index (χ1v) is 13.8. The molecule has 0 aliphatic carbocycles. The summed E-state index contributed by atoms with van der Waals surface area (Å²) in [4.78, 5) is 19.0. The van der Waals surface area contributed by atoms with E-state index in [-0.39, 0.29) is 24.6 Å². The largest absolute Gasteiger partial charge is 0.375 e. The second kappa shape index (κ2) is 11.2. The van der Waals surface area contributed by atoms with E-state index in [9.17, 15) is 4.79 Å². The zero-order valence-corrected chi connectivity index (χ0v) is 24.6. The van der Waals surface area contributed by atoms with Crippen molar-refractivity contribution < 1.29 is 9.53 Å². The summed E-state index contributed by atoms with van der Waals surface area (Å²) in [5, 5.41) is 7.12. The van der Waals surface area contributed by atoms with Crippen LogP contribution in [0.4, 0.5) is 11.4 Å². The lowest BCUT2D eigenvalue weighted by atomic mass is 9.96. The molecule has 0 unspecified atom stereocenters.